The second-order valence-corrected chi connectivity index (χ2v) is 7.66. The highest BCUT2D eigenvalue weighted by Crippen LogP contribution is 2.44. The first kappa shape index (κ1) is 18.1. The van der Waals surface area contributed by atoms with Crippen LogP contribution in [-0.4, -0.2) is 35.5 Å². The van der Waals surface area contributed by atoms with Gasteiger partial charge in [-0.05, 0) is 24.3 Å². The fourth-order valence-electron chi connectivity index (χ4n) is 3.54. The molecule has 0 aliphatic carbocycles. The molecule has 140 valence electrons. The fraction of sp³-hybridized carbons (Fsp3) is 0.300. The van der Waals surface area contributed by atoms with Crippen LogP contribution in [0.25, 0.3) is 0 Å². The zero-order valence-corrected chi connectivity index (χ0v) is 15.9. The summed E-state index contributed by atoms with van der Waals surface area (Å²) in [5.41, 5.74) is -0.227. The van der Waals surface area contributed by atoms with E-state index in [0.29, 0.717) is 53.0 Å². The topological polar surface area (TPSA) is 55.8 Å². The number of rotatable bonds is 1. The molecule has 1 fully saturated rings. The molecule has 0 atom stereocenters. The van der Waals surface area contributed by atoms with Crippen LogP contribution in [0.2, 0.25) is 10.0 Å². The molecule has 2 aromatic rings. The first-order valence-electron chi connectivity index (χ1n) is 8.69. The number of nitrogens with zero attached hydrogens (tertiary/aromatic N) is 1. The number of halogens is 2. The molecule has 4 rings (SSSR count). The Morgan fingerprint density at radius 2 is 1.81 bits per heavy atom. The van der Waals surface area contributed by atoms with Crippen molar-refractivity contribution in [1.29, 1.82) is 0 Å². The van der Waals surface area contributed by atoms with Crippen LogP contribution in [0.4, 0.5) is 4.79 Å². The summed E-state index contributed by atoms with van der Waals surface area (Å²) in [5, 5.41) is 0.737. The smallest absolute Gasteiger partial charge is 0.415 e. The summed E-state index contributed by atoms with van der Waals surface area (Å²) in [7, 11) is 0. The van der Waals surface area contributed by atoms with Crippen molar-refractivity contribution >= 4 is 35.1 Å². The number of hydrogen-bond donors (Lipinski definition) is 0. The molecule has 0 unspecified atom stereocenters. The molecule has 27 heavy (non-hydrogen) atoms. The Labute approximate surface area is 166 Å². The Balaban J connectivity index is 1.46. The number of ketones is 1. The number of carbonyl (C=O) groups excluding carboxylic acids is 2. The monoisotopic (exact) mass is 405 g/mol. The number of para-hydroxylation sites is 1. The van der Waals surface area contributed by atoms with Gasteiger partial charge < -0.3 is 14.4 Å². The maximum absolute atomic E-state index is 12.6. The molecule has 1 saturated heterocycles. The first-order valence-corrected chi connectivity index (χ1v) is 9.44. The quantitative estimate of drug-likeness (QED) is 0.670. The number of piperidine rings is 1. The Bertz CT molecular complexity index is 892. The van der Waals surface area contributed by atoms with E-state index in [9.17, 15) is 9.59 Å². The van der Waals surface area contributed by atoms with Crippen molar-refractivity contribution in [2.45, 2.75) is 24.9 Å². The van der Waals surface area contributed by atoms with Crippen molar-refractivity contribution in [3.8, 4) is 11.5 Å². The molecular formula is C20H17Cl2NO4. The third-order valence-corrected chi connectivity index (χ3v) is 5.49. The van der Waals surface area contributed by atoms with E-state index in [1.54, 1.807) is 29.2 Å². The van der Waals surface area contributed by atoms with Crippen LogP contribution in [0.15, 0.2) is 42.5 Å². The van der Waals surface area contributed by atoms with Gasteiger partial charge in [0.05, 0.1) is 17.0 Å². The normalized spacial score (nSPS) is 18.0. The van der Waals surface area contributed by atoms with Gasteiger partial charge in [-0.3, -0.25) is 4.79 Å². The second-order valence-electron chi connectivity index (χ2n) is 6.82. The summed E-state index contributed by atoms with van der Waals surface area (Å²) in [5.74, 6) is 0.850. The van der Waals surface area contributed by atoms with Gasteiger partial charge in [0.1, 0.15) is 17.1 Å². The maximum atomic E-state index is 12.6. The largest absolute Gasteiger partial charge is 0.484 e. The summed E-state index contributed by atoms with van der Waals surface area (Å²) in [6.45, 7) is 0.888. The van der Waals surface area contributed by atoms with E-state index in [1.807, 2.05) is 18.2 Å². The van der Waals surface area contributed by atoms with Crippen molar-refractivity contribution in [1.82, 2.24) is 4.90 Å². The minimum absolute atomic E-state index is 0.0408. The number of fused-ring (bicyclic) bond motifs is 1. The minimum Gasteiger partial charge on any atom is -0.484 e. The van der Waals surface area contributed by atoms with E-state index in [2.05, 4.69) is 0 Å². The van der Waals surface area contributed by atoms with Crippen LogP contribution in [0.3, 0.4) is 0 Å². The lowest BCUT2D eigenvalue weighted by molar-refractivity contribution is -0.00433. The summed E-state index contributed by atoms with van der Waals surface area (Å²) in [4.78, 5) is 26.6. The SMILES string of the molecule is O=C1CC2(CCN(C(=O)Oc3ccccc3)CC2)Oc2c(Cl)cc(Cl)cc21. The Morgan fingerprint density at radius 1 is 1.11 bits per heavy atom. The number of Topliss-reactive ketones (excluding diaryl/α,β-unsaturated/α-hetero) is 1. The van der Waals surface area contributed by atoms with Gasteiger partial charge in [-0.2, -0.15) is 0 Å². The fourth-order valence-corrected chi connectivity index (χ4v) is 4.07. The number of likely N-dealkylation sites (tertiary alicyclic amines) is 1. The van der Waals surface area contributed by atoms with Crippen LogP contribution < -0.4 is 9.47 Å². The molecule has 7 heteroatoms. The Kier molecular flexibility index (Phi) is 4.74. The van der Waals surface area contributed by atoms with Gasteiger partial charge in [0.15, 0.2) is 5.78 Å². The van der Waals surface area contributed by atoms with Crippen LogP contribution in [0, 0.1) is 0 Å². The van der Waals surface area contributed by atoms with E-state index in [0.717, 1.165) is 0 Å². The lowest BCUT2D eigenvalue weighted by Crippen LogP contribution is -2.52. The molecule has 5 nitrogen and oxygen atoms in total. The Hall–Kier alpha value is -2.24. The second kappa shape index (κ2) is 7.06. The molecule has 1 spiro atoms. The lowest BCUT2D eigenvalue weighted by Gasteiger charge is -2.43. The third-order valence-electron chi connectivity index (χ3n) is 4.99. The van der Waals surface area contributed by atoms with Gasteiger partial charge >= 0.3 is 6.09 Å². The van der Waals surface area contributed by atoms with Crippen LogP contribution in [0.5, 0.6) is 11.5 Å². The average molecular weight is 406 g/mol. The van der Waals surface area contributed by atoms with E-state index in [4.69, 9.17) is 32.7 Å². The predicted molar refractivity (Wildman–Crippen MR) is 102 cm³/mol. The van der Waals surface area contributed by atoms with Gasteiger partial charge in [0, 0.05) is 31.0 Å². The van der Waals surface area contributed by atoms with E-state index in [-0.39, 0.29) is 12.2 Å². The van der Waals surface area contributed by atoms with Crippen LogP contribution in [-0.2, 0) is 0 Å². The average Bonchev–Trinajstić information content (AvgIpc) is 2.64. The molecule has 2 aromatic carbocycles. The van der Waals surface area contributed by atoms with Gasteiger partial charge in [0.2, 0.25) is 0 Å². The number of carbonyl (C=O) groups is 2. The molecule has 1 amide bonds. The highest BCUT2D eigenvalue weighted by molar-refractivity contribution is 6.36. The van der Waals surface area contributed by atoms with Crippen molar-refractivity contribution in [3.63, 3.8) is 0 Å². The lowest BCUT2D eigenvalue weighted by atomic mass is 9.82. The maximum Gasteiger partial charge on any atom is 0.415 e. The van der Waals surface area contributed by atoms with Crippen LogP contribution >= 0.6 is 23.2 Å². The van der Waals surface area contributed by atoms with Gasteiger partial charge in [0.25, 0.3) is 0 Å². The summed E-state index contributed by atoms with van der Waals surface area (Å²) in [6, 6.07) is 12.1. The zero-order chi connectivity index (χ0) is 19.0. The number of hydrogen-bond acceptors (Lipinski definition) is 4. The number of ether oxygens (including phenoxy) is 2. The minimum atomic E-state index is -0.648. The molecule has 0 aromatic heterocycles. The van der Waals surface area contributed by atoms with Crippen molar-refractivity contribution < 1.29 is 19.1 Å². The standard InChI is InChI=1S/C20H17Cl2NO4/c21-13-10-15-17(24)12-20(27-18(15)16(22)11-13)6-8-23(9-7-20)19(25)26-14-4-2-1-3-5-14/h1-5,10-11H,6-9,12H2. The number of benzene rings is 2. The molecule has 0 saturated carbocycles. The predicted octanol–water partition coefficient (Wildman–Crippen LogP) is 4.99. The summed E-state index contributed by atoms with van der Waals surface area (Å²) >= 11 is 12.2. The first-order chi connectivity index (χ1) is 13.0. The number of amides is 1. The molecule has 0 radical (unpaired) electrons. The molecule has 2 heterocycles. The molecule has 0 bridgehead atoms. The Morgan fingerprint density at radius 3 is 2.52 bits per heavy atom. The van der Waals surface area contributed by atoms with Crippen molar-refractivity contribution in [3.05, 3.63) is 58.1 Å². The van der Waals surface area contributed by atoms with E-state index < -0.39 is 11.7 Å². The van der Waals surface area contributed by atoms with Crippen LogP contribution in [0.1, 0.15) is 29.6 Å². The van der Waals surface area contributed by atoms with Gasteiger partial charge in [-0.1, -0.05) is 41.4 Å². The van der Waals surface area contributed by atoms with Crippen molar-refractivity contribution in [2.24, 2.45) is 0 Å². The van der Waals surface area contributed by atoms with E-state index >= 15 is 0 Å². The molecular weight excluding hydrogens is 389 g/mol. The third kappa shape index (κ3) is 3.62. The van der Waals surface area contributed by atoms with Crippen molar-refractivity contribution in [2.75, 3.05) is 13.1 Å². The van der Waals surface area contributed by atoms with Gasteiger partial charge in [-0.25, -0.2) is 4.79 Å². The highest BCUT2D eigenvalue weighted by Gasteiger charge is 2.44. The molecule has 2 aliphatic rings. The molecule has 2 aliphatic heterocycles. The van der Waals surface area contributed by atoms with E-state index in [1.165, 1.54) is 0 Å². The highest BCUT2D eigenvalue weighted by atomic mass is 35.5. The molecule has 0 N–H and O–H groups in total. The zero-order valence-electron chi connectivity index (χ0n) is 14.4. The van der Waals surface area contributed by atoms with Gasteiger partial charge in [-0.15, -0.1) is 0 Å². The summed E-state index contributed by atoms with van der Waals surface area (Å²) < 4.78 is 11.6. The summed E-state index contributed by atoms with van der Waals surface area (Å²) in [6.07, 6.45) is 0.906.